The molecule has 21 heavy (non-hydrogen) atoms. The summed E-state index contributed by atoms with van der Waals surface area (Å²) in [7, 11) is 1.52. The monoisotopic (exact) mass is 287 g/mol. The van der Waals surface area contributed by atoms with Gasteiger partial charge in [-0.05, 0) is 30.9 Å². The molecule has 3 rings (SSSR count). The quantitative estimate of drug-likeness (QED) is 0.808. The van der Waals surface area contributed by atoms with E-state index < -0.39 is 0 Å². The molecule has 0 saturated carbocycles. The van der Waals surface area contributed by atoms with Crippen LogP contribution in [0.3, 0.4) is 0 Å². The fraction of sp³-hybridized carbons (Fsp3) is 0.353. The highest BCUT2D eigenvalue weighted by Gasteiger charge is 2.18. The average molecular weight is 287 g/mol. The number of nitrogens with zero attached hydrogens (tertiary/aromatic N) is 1. The van der Waals surface area contributed by atoms with Crippen LogP contribution in [0.5, 0.6) is 5.75 Å². The van der Waals surface area contributed by atoms with Crippen LogP contribution in [-0.4, -0.2) is 17.5 Å². The molecule has 2 aromatic rings. The van der Waals surface area contributed by atoms with Crippen molar-refractivity contribution in [3.05, 3.63) is 53.1 Å². The van der Waals surface area contributed by atoms with Gasteiger partial charge >= 0.3 is 0 Å². The van der Waals surface area contributed by atoms with E-state index in [0.29, 0.717) is 24.3 Å². The zero-order valence-electron chi connectivity index (χ0n) is 12.1. The standard InChI is InChI=1S/C17H18FNO2/c1-21-14-7-6-13(16(18)8-14)10-19-9-12-4-2-3-5-17(20)15(12)11-19/h6-9,11H,2-5,10H2,1H3. The largest absolute Gasteiger partial charge is 0.497 e. The second-order valence-corrected chi connectivity index (χ2v) is 5.46. The summed E-state index contributed by atoms with van der Waals surface area (Å²) in [5, 5.41) is 0. The fourth-order valence-corrected chi connectivity index (χ4v) is 2.81. The summed E-state index contributed by atoms with van der Waals surface area (Å²) in [5.41, 5.74) is 2.49. The van der Waals surface area contributed by atoms with Crippen LogP contribution < -0.4 is 4.74 Å². The first kappa shape index (κ1) is 13.9. The summed E-state index contributed by atoms with van der Waals surface area (Å²) < 4.78 is 20.9. The predicted molar refractivity (Wildman–Crippen MR) is 78.4 cm³/mol. The lowest BCUT2D eigenvalue weighted by Gasteiger charge is -2.07. The van der Waals surface area contributed by atoms with Gasteiger partial charge < -0.3 is 9.30 Å². The molecule has 0 aliphatic heterocycles. The van der Waals surface area contributed by atoms with Crippen LogP contribution in [0.4, 0.5) is 4.39 Å². The molecule has 0 spiro atoms. The van der Waals surface area contributed by atoms with Gasteiger partial charge in [0.25, 0.3) is 0 Å². The number of halogens is 1. The van der Waals surface area contributed by atoms with Crippen molar-refractivity contribution in [3.8, 4) is 5.75 Å². The molecule has 0 saturated heterocycles. The third-order valence-corrected chi connectivity index (χ3v) is 3.98. The number of aromatic nitrogens is 1. The van der Waals surface area contributed by atoms with E-state index in [0.717, 1.165) is 30.4 Å². The normalized spacial score (nSPS) is 14.7. The van der Waals surface area contributed by atoms with Crippen LogP contribution in [0.1, 0.15) is 40.7 Å². The van der Waals surface area contributed by atoms with Crippen molar-refractivity contribution in [1.29, 1.82) is 0 Å². The molecule has 0 unspecified atom stereocenters. The van der Waals surface area contributed by atoms with Crippen molar-refractivity contribution in [2.24, 2.45) is 0 Å². The van der Waals surface area contributed by atoms with Crippen molar-refractivity contribution < 1.29 is 13.9 Å². The second-order valence-electron chi connectivity index (χ2n) is 5.46. The summed E-state index contributed by atoms with van der Waals surface area (Å²) in [5.74, 6) is 0.427. The molecular weight excluding hydrogens is 269 g/mol. The molecule has 4 heteroatoms. The highest BCUT2D eigenvalue weighted by molar-refractivity contribution is 5.97. The summed E-state index contributed by atoms with van der Waals surface area (Å²) in [6.45, 7) is 0.427. The van der Waals surface area contributed by atoms with Gasteiger partial charge in [-0.15, -0.1) is 0 Å². The van der Waals surface area contributed by atoms with Crippen molar-refractivity contribution in [1.82, 2.24) is 4.57 Å². The van der Waals surface area contributed by atoms with Crippen LogP contribution in [0.25, 0.3) is 0 Å². The molecule has 0 bridgehead atoms. The van der Waals surface area contributed by atoms with E-state index >= 15 is 0 Å². The summed E-state index contributed by atoms with van der Waals surface area (Å²) in [4.78, 5) is 12.0. The SMILES string of the molecule is COc1ccc(Cn2cc3c(c2)C(=O)CCCC3)c(F)c1. The van der Waals surface area contributed by atoms with Gasteiger partial charge in [-0.1, -0.05) is 6.07 Å². The van der Waals surface area contributed by atoms with Gasteiger partial charge in [0, 0.05) is 42.6 Å². The van der Waals surface area contributed by atoms with E-state index in [9.17, 15) is 9.18 Å². The lowest BCUT2D eigenvalue weighted by molar-refractivity contribution is 0.0982. The van der Waals surface area contributed by atoms with Crippen LogP contribution in [0, 0.1) is 5.82 Å². The molecule has 1 aromatic carbocycles. The Labute approximate surface area is 123 Å². The second kappa shape index (κ2) is 5.72. The molecule has 110 valence electrons. The number of hydrogen-bond acceptors (Lipinski definition) is 2. The molecule has 1 heterocycles. The van der Waals surface area contributed by atoms with E-state index in [1.54, 1.807) is 12.1 Å². The van der Waals surface area contributed by atoms with Crippen LogP contribution in [-0.2, 0) is 13.0 Å². The average Bonchev–Trinajstić information content (AvgIpc) is 2.81. The molecule has 0 fully saturated rings. The first-order valence-electron chi connectivity index (χ1n) is 7.21. The molecule has 0 atom stereocenters. The third kappa shape index (κ3) is 2.84. The Bertz CT molecular complexity index is 675. The third-order valence-electron chi connectivity index (χ3n) is 3.98. The van der Waals surface area contributed by atoms with Crippen molar-refractivity contribution >= 4 is 5.78 Å². The first-order chi connectivity index (χ1) is 10.2. The Morgan fingerprint density at radius 3 is 2.81 bits per heavy atom. The Morgan fingerprint density at radius 1 is 1.24 bits per heavy atom. The van der Waals surface area contributed by atoms with Crippen molar-refractivity contribution in [2.75, 3.05) is 7.11 Å². The topological polar surface area (TPSA) is 31.2 Å². The van der Waals surface area contributed by atoms with E-state index in [1.807, 2.05) is 17.0 Å². The first-order valence-corrected chi connectivity index (χ1v) is 7.21. The summed E-state index contributed by atoms with van der Waals surface area (Å²) in [6, 6.07) is 4.86. The lowest BCUT2D eigenvalue weighted by Crippen LogP contribution is -2.01. The minimum atomic E-state index is -0.287. The van der Waals surface area contributed by atoms with Gasteiger partial charge in [0.2, 0.25) is 0 Å². The number of rotatable bonds is 3. The highest BCUT2D eigenvalue weighted by Crippen LogP contribution is 2.23. The fourth-order valence-electron chi connectivity index (χ4n) is 2.81. The summed E-state index contributed by atoms with van der Waals surface area (Å²) >= 11 is 0. The zero-order chi connectivity index (χ0) is 14.8. The number of benzene rings is 1. The number of carbonyl (C=O) groups is 1. The van der Waals surface area contributed by atoms with Gasteiger partial charge in [0.1, 0.15) is 11.6 Å². The molecule has 0 radical (unpaired) electrons. The number of aryl methyl sites for hydroxylation is 1. The van der Waals surface area contributed by atoms with Gasteiger partial charge in [-0.2, -0.15) is 0 Å². The highest BCUT2D eigenvalue weighted by atomic mass is 19.1. The number of carbonyl (C=O) groups excluding carboxylic acids is 1. The minimum Gasteiger partial charge on any atom is -0.497 e. The Morgan fingerprint density at radius 2 is 2.05 bits per heavy atom. The van der Waals surface area contributed by atoms with Crippen LogP contribution in [0.15, 0.2) is 30.6 Å². The van der Waals surface area contributed by atoms with Crippen molar-refractivity contribution in [3.63, 3.8) is 0 Å². The molecule has 0 N–H and O–H groups in total. The van der Waals surface area contributed by atoms with Crippen molar-refractivity contribution in [2.45, 2.75) is 32.2 Å². The Balaban J connectivity index is 1.86. The number of hydrogen-bond donors (Lipinski definition) is 0. The number of ketones is 1. The maximum atomic E-state index is 14.0. The smallest absolute Gasteiger partial charge is 0.164 e. The van der Waals surface area contributed by atoms with Gasteiger partial charge in [-0.3, -0.25) is 4.79 Å². The molecule has 1 aliphatic rings. The van der Waals surface area contributed by atoms with E-state index in [1.165, 1.54) is 13.2 Å². The van der Waals surface area contributed by atoms with Crippen LogP contribution in [0.2, 0.25) is 0 Å². The maximum absolute atomic E-state index is 14.0. The molecule has 3 nitrogen and oxygen atoms in total. The van der Waals surface area contributed by atoms with Crippen LogP contribution >= 0.6 is 0 Å². The number of fused-ring (bicyclic) bond motifs is 1. The van der Waals surface area contributed by atoms with E-state index in [4.69, 9.17) is 4.74 Å². The predicted octanol–water partition coefficient (Wildman–Crippen LogP) is 3.59. The summed E-state index contributed by atoms with van der Waals surface area (Å²) in [6.07, 6.45) is 7.38. The van der Waals surface area contributed by atoms with Gasteiger partial charge in [0.05, 0.1) is 7.11 Å². The lowest BCUT2D eigenvalue weighted by atomic mass is 10.1. The molecular formula is C17H18FNO2. The molecule has 0 amide bonds. The van der Waals surface area contributed by atoms with Gasteiger partial charge in [0.15, 0.2) is 5.78 Å². The van der Waals surface area contributed by atoms with E-state index in [-0.39, 0.29) is 11.6 Å². The molecule has 1 aliphatic carbocycles. The van der Waals surface area contributed by atoms with E-state index in [2.05, 4.69) is 0 Å². The number of Topliss-reactive ketones (excluding diaryl/α,β-unsaturated/α-hetero) is 1. The Hall–Kier alpha value is -2.10. The zero-order valence-corrected chi connectivity index (χ0v) is 12.1. The maximum Gasteiger partial charge on any atom is 0.164 e. The Kier molecular flexibility index (Phi) is 3.78. The minimum absolute atomic E-state index is 0.205. The molecule has 1 aromatic heterocycles. The van der Waals surface area contributed by atoms with Gasteiger partial charge in [-0.25, -0.2) is 4.39 Å². The number of ether oxygens (including phenoxy) is 1. The number of methoxy groups -OCH3 is 1.